The van der Waals surface area contributed by atoms with Crippen molar-refractivity contribution in [1.29, 1.82) is 0 Å². The van der Waals surface area contributed by atoms with E-state index in [1.54, 1.807) is 0 Å². The van der Waals surface area contributed by atoms with Gasteiger partial charge in [0, 0.05) is 21.9 Å². The van der Waals surface area contributed by atoms with Crippen molar-refractivity contribution in [3.05, 3.63) is 133 Å². The lowest BCUT2D eigenvalue weighted by Gasteiger charge is -2.12. The lowest BCUT2D eigenvalue weighted by Crippen LogP contribution is -1.85. The second-order valence-corrected chi connectivity index (χ2v) is 9.73. The third kappa shape index (κ3) is 3.04. The molecule has 8 aromatic rings. The van der Waals surface area contributed by atoms with E-state index in [-0.39, 0.29) is 0 Å². The van der Waals surface area contributed by atoms with Crippen molar-refractivity contribution in [2.75, 3.05) is 0 Å². The average molecular weight is 471 g/mol. The van der Waals surface area contributed by atoms with Gasteiger partial charge in [0.15, 0.2) is 0 Å². The van der Waals surface area contributed by atoms with Gasteiger partial charge in [-0.15, -0.1) is 0 Å². The van der Waals surface area contributed by atoms with Gasteiger partial charge in [0.25, 0.3) is 0 Å². The first-order valence-electron chi connectivity index (χ1n) is 12.7. The molecule has 8 rings (SSSR count). The van der Waals surface area contributed by atoms with E-state index >= 15 is 0 Å². The predicted octanol–water partition coefficient (Wildman–Crippen LogP) is 10.3. The Hall–Kier alpha value is -4.88. The van der Waals surface area contributed by atoms with Crippen LogP contribution in [0.1, 0.15) is 0 Å². The van der Waals surface area contributed by atoms with E-state index in [9.17, 15) is 0 Å². The summed E-state index contributed by atoms with van der Waals surface area (Å²) in [4.78, 5) is 0. The number of hydrogen-bond donors (Lipinski definition) is 0. The van der Waals surface area contributed by atoms with Crippen molar-refractivity contribution in [3.63, 3.8) is 0 Å². The smallest absolute Gasteiger partial charge is 0.143 e. The Morgan fingerprint density at radius 3 is 1.59 bits per heavy atom. The van der Waals surface area contributed by atoms with Crippen molar-refractivity contribution < 1.29 is 4.42 Å². The third-order valence-corrected chi connectivity index (χ3v) is 7.60. The summed E-state index contributed by atoms with van der Waals surface area (Å²) in [6, 6.07) is 47.6. The largest absolute Gasteiger partial charge is 0.455 e. The van der Waals surface area contributed by atoms with E-state index in [2.05, 4.69) is 133 Å². The Morgan fingerprint density at radius 1 is 0.351 bits per heavy atom. The molecule has 37 heavy (non-hydrogen) atoms. The first-order chi connectivity index (χ1) is 18.3. The van der Waals surface area contributed by atoms with Gasteiger partial charge < -0.3 is 4.42 Å². The lowest BCUT2D eigenvalue weighted by molar-refractivity contribution is 0.602. The fourth-order valence-electron chi connectivity index (χ4n) is 5.94. The minimum absolute atomic E-state index is 0.912. The fourth-order valence-corrected chi connectivity index (χ4v) is 5.94. The summed E-state index contributed by atoms with van der Waals surface area (Å²) in [6.45, 7) is 0. The Balaban J connectivity index is 1.40. The Bertz CT molecular complexity index is 2010. The summed E-state index contributed by atoms with van der Waals surface area (Å²) < 4.78 is 6.83. The highest BCUT2D eigenvalue weighted by Crippen LogP contribution is 2.44. The Labute approximate surface area is 214 Å². The van der Waals surface area contributed by atoms with Crippen LogP contribution in [-0.4, -0.2) is 0 Å². The predicted molar refractivity (Wildman–Crippen MR) is 156 cm³/mol. The molecule has 0 spiro atoms. The van der Waals surface area contributed by atoms with Crippen LogP contribution in [0.4, 0.5) is 0 Å². The normalized spacial score (nSPS) is 11.8. The molecule has 0 saturated carbocycles. The lowest BCUT2D eigenvalue weighted by atomic mass is 9.92. The summed E-state index contributed by atoms with van der Waals surface area (Å²) in [6.07, 6.45) is 0. The molecule has 1 heteroatoms. The van der Waals surface area contributed by atoms with Gasteiger partial charge in [-0.05, 0) is 55.6 Å². The fraction of sp³-hybridized carbons (Fsp3) is 0. The van der Waals surface area contributed by atoms with E-state index in [1.165, 1.54) is 43.4 Å². The van der Waals surface area contributed by atoms with E-state index in [0.717, 1.165) is 33.4 Å². The summed E-state index contributed by atoms with van der Waals surface area (Å²) >= 11 is 0. The molecule has 0 aliphatic heterocycles. The Morgan fingerprint density at radius 2 is 0.892 bits per heavy atom. The number of benzene rings is 7. The highest BCUT2D eigenvalue weighted by atomic mass is 16.3. The van der Waals surface area contributed by atoms with Crippen LogP contribution in [0.5, 0.6) is 0 Å². The van der Waals surface area contributed by atoms with E-state index < -0.39 is 0 Å². The standard InChI is InChI=1S/C36H22O/c1-2-9-23(10-3-1)29-13-4-5-14-30(29)36-32-16-7-6-15-31(32)35(37-36)28-21-26-19-17-24-11-8-12-25-18-20-27(22-28)34(26)33(24)25/h1-22H. The minimum atomic E-state index is 0.912. The van der Waals surface area contributed by atoms with Gasteiger partial charge >= 0.3 is 0 Å². The molecule has 1 aromatic heterocycles. The van der Waals surface area contributed by atoms with Crippen LogP contribution in [0.3, 0.4) is 0 Å². The van der Waals surface area contributed by atoms with Gasteiger partial charge in [-0.2, -0.15) is 0 Å². The third-order valence-electron chi connectivity index (χ3n) is 7.60. The highest BCUT2D eigenvalue weighted by Gasteiger charge is 2.20. The molecule has 0 N–H and O–H groups in total. The summed E-state index contributed by atoms with van der Waals surface area (Å²) in [5.41, 5.74) is 4.56. The van der Waals surface area contributed by atoms with Crippen LogP contribution >= 0.6 is 0 Å². The summed E-state index contributed by atoms with van der Waals surface area (Å²) in [7, 11) is 0. The van der Waals surface area contributed by atoms with Crippen molar-refractivity contribution in [1.82, 2.24) is 0 Å². The van der Waals surface area contributed by atoms with Crippen LogP contribution < -0.4 is 0 Å². The van der Waals surface area contributed by atoms with Crippen molar-refractivity contribution in [2.45, 2.75) is 0 Å². The zero-order chi connectivity index (χ0) is 24.3. The quantitative estimate of drug-likeness (QED) is 0.234. The highest BCUT2D eigenvalue weighted by molar-refractivity contribution is 6.24. The zero-order valence-corrected chi connectivity index (χ0v) is 20.1. The molecular weight excluding hydrogens is 448 g/mol. The zero-order valence-electron chi connectivity index (χ0n) is 20.1. The topological polar surface area (TPSA) is 13.1 Å². The van der Waals surface area contributed by atoms with Crippen LogP contribution in [0.15, 0.2) is 138 Å². The Kier molecular flexibility index (Phi) is 4.29. The van der Waals surface area contributed by atoms with Crippen LogP contribution in [0.25, 0.3) is 76.9 Å². The van der Waals surface area contributed by atoms with Crippen LogP contribution in [0.2, 0.25) is 0 Å². The molecule has 0 aliphatic carbocycles. The maximum Gasteiger partial charge on any atom is 0.143 e. The molecule has 0 radical (unpaired) electrons. The van der Waals surface area contributed by atoms with Gasteiger partial charge in [-0.1, -0.05) is 121 Å². The minimum Gasteiger partial charge on any atom is -0.455 e. The molecule has 0 unspecified atom stereocenters. The maximum atomic E-state index is 6.83. The molecule has 0 bridgehead atoms. The summed E-state index contributed by atoms with van der Waals surface area (Å²) in [5.74, 6) is 1.83. The van der Waals surface area contributed by atoms with Crippen LogP contribution in [0, 0.1) is 0 Å². The van der Waals surface area contributed by atoms with Gasteiger partial charge in [0.1, 0.15) is 11.5 Å². The number of furan rings is 1. The first-order valence-corrected chi connectivity index (χ1v) is 12.7. The molecule has 1 nitrogen and oxygen atoms in total. The second-order valence-electron chi connectivity index (χ2n) is 9.73. The molecular formula is C36H22O. The van der Waals surface area contributed by atoms with Gasteiger partial charge in [0.2, 0.25) is 0 Å². The number of rotatable bonds is 3. The molecule has 0 saturated heterocycles. The molecule has 0 fully saturated rings. The van der Waals surface area contributed by atoms with Crippen molar-refractivity contribution in [3.8, 4) is 33.8 Å². The monoisotopic (exact) mass is 470 g/mol. The molecule has 0 amide bonds. The number of hydrogen-bond acceptors (Lipinski definition) is 1. The van der Waals surface area contributed by atoms with Crippen molar-refractivity contribution in [2.24, 2.45) is 0 Å². The first kappa shape index (κ1) is 20.3. The van der Waals surface area contributed by atoms with E-state index in [1.807, 2.05) is 0 Å². The second kappa shape index (κ2) is 7.81. The van der Waals surface area contributed by atoms with Crippen molar-refractivity contribution >= 4 is 43.1 Å². The molecule has 0 atom stereocenters. The molecule has 0 aliphatic rings. The van der Waals surface area contributed by atoms with Gasteiger partial charge in [-0.25, -0.2) is 0 Å². The SMILES string of the molecule is c1ccc(-c2ccccc2-c2oc(-c3cc4ccc5cccc6ccc(c3)c4c56)c3ccccc23)cc1. The van der Waals surface area contributed by atoms with E-state index in [4.69, 9.17) is 4.42 Å². The van der Waals surface area contributed by atoms with Crippen LogP contribution in [-0.2, 0) is 0 Å². The number of fused-ring (bicyclic) bond motifs is 1. The maximum absolute atomic E-state index is 6.83. The average Bonchev–Trinajstić information content (AvgIpc) is 3.36. The summed E-state index contributed by atoms with van der Waals surface area (Å²) in [5, 5.41) is 9.97. The van der Waals surface area contributed by atoms with E-state index in [0.29, 0.717) is 0 Å². The molecule has 172 valence electrons. The molecule has 1 heterocycles. The van der Waals surface area contributed by atoms with Gasteiger partial charge in [-0.3, -0.25) is 0 Å². The van der Waals surface area contributed by atoms with Gasteiger partial charge in [0.05, 0.1) is 0 Å². The molecule has 7 aromatic carbocycles.